The van der Waals surface area contributed by atoms with Gasteiger partial charge in [0.25, 0.3) is 0 Å². The van der Waals surface area contributed by atoms with Crippen LogP contribution in [0.3, 0.4) is 0 Å². The zero-order valence-electron chi connectivity index (χ0n) is 8.70. The van der Waals surface area contributed by atoms with Crippen molar-refractivity contribution in [2.45, 2.75) is 0 Å². The van der Waals surface area contributed by atoms with E-state index in [0.717, 1.165) is 12.4 Å². The first-order chi connectivity index (χ1) is 8.18. The number of carbonyl (C=O) groups is 2. The van der Waals surface area contributed by atoms with Gasteiger partial charge >= 0.3 is 5.97 Å². The number of hydrogen-bond donors (Lipinski definition) is 1. The minimum atomic E-state index is -1.12. The zero-order valence-corrected chi connectivity index (χ0v) is 8.70. The van der Waals surface area contributed by atoms with Gasteiger partial charge in [0.05, 0.1) is 5.56 Å². The highest BCUT2D eigenvalue weighted by Gasteiger charge is 2.12. The summed E-state index contributed by atoms with van der Waals surface area (Å²) in [4.78, 5) is 29.9. The maximum Gasteiger partial charge on any atom is 0.338 e. The lowest BCUT2D eigenvalue weighted by atomic mass is 10.1. The first-order valence-electron chi connectivity index (χ1n) is 4.83. The number of benzene rings is 1. The van der Waals surface area contributed by atoms with Crippen LogP contribution >= 0.6 is 0 Å². The first kappa shape index (κ1) is 10.9. The molecule has 0 bridgehead atoms. The second-order valence-corrected chi connectivity index (χ2v) is 3.30. The van der Waals surface area contributed by atoms with E-state index in [1.807, 2.05) is 0 Å². The lowest BCUT2D eigenvalue weighted by Gasteiger charge is -1.99. The summed E-state index contributed by atoms with van der Waals surface area (Å²) in [5.74, 6) is -1.47. The zero-order chi connectivity index (χ0) is 12.3. The Morgan fingerprint density at radius 3 is 2.06 bits per heavy atom. The lowest BCUT2D eigenvalue weighted by molar-refractivity contribution is 0.0695. The van der Waals surface area contributed by atoms with E-state index in [4.69, 9.17) is 5.11 Å². The van der Waals surface area contributed by atoms with Gasteiger partial charge in [-0.25, -0.2) is 14.8 Å². The van der Waals surface area contributed by atoms with Crippen LogP contribution in [0.25, 0.3) is 0 Å². The Labute approximate surface area is 96.8 Å². The van der Waals surface area contributed by atoms with Crippen molar-refractivity contribution < 1.29 is 14.7 Å². The van der Waals surface area contributed by atoms with E-state index in [1.54, 1.807) is 30.3 Å². The normalized spacial score (nSPS) is 9.88. The lowest BCUT2D eigenvalue weighted by Crippen LogP contribution is -2.08. The predicted octanol–water partition coefficient (Wildman–Crippen LogP) is 1.41. The molecule has 0 amide bonds. The van der Waals surface area contributed by atoms with Crippen LogP contribution in [0.1, 0.15) is 26.5 Å². The molecule has 84 valence electrons. The summed E-state index contributed by atoms with van der Waals surface area (Å²) in [6, 6.07) is 8.57. The Kier molecular flexibility index (Phi) is 2.91. The second-order valence-electron chi connectivity index (χ2n) is 3.30. The van der Waals surface area contributed by atoms with Crippen LogP contribution in [-0.4, -0.2) is 26.8 Å². The molecule has 0 radical (unpaired) electrons. The molecule has 2 rings (SSSR count). The summed E-state index contributed by atoms with van der Waals surface area (Å²) in [5.41, 5.74) is 0.421. The molecule has 0 aliphatic rings. The Morgan fingerprint density at radius 1 is 0.941 bits per heavy atom. The number of rotatable bonds is 3. The smallest absolute Gasteiger partial charge is 0.338 e. The summed E-state index contributed by atoms with van der Waals surface area (Å²) >= 11 is 0. The standard InChI is InChI=1S/C12H8N2O3/c15-10(8-4-2-1-3-5-8)11-13-6-9(7-14-11)12(16)17/h1-7H,(H,16,17). The minimum absolute atomic E-state index is 0.0128. The third-order valence-electron chi connectivity index (χ3n) is 2.14. The number of aromatic nitrogens is 2. The van der Waals surface area contributed by atoms with E-state index in [-0.39, 0.29) is 17.2 Å². The molecule has 1 N–H and O–H groups in total. The Balaban J connectivity index is 2.30. The molecule has 1 aromatic carbocycles. The third-order valence-corrected chi connectivity index (χ3v) is 2.14. The number of carboxylic acids is 1. The van der Waals surface area contributed by atoms with Crippen LogP contribution in [0.15, 0.2) is 42.7 Å². The quantitative estimate of drug-likeness (QED) is 0.803. The van der Waals surface area contributed by atoms with Crippen LogP contribution in [-0.2, 0) is 0 Å². The Bertz CT molecular complexity index is 550. The van der Waals surface area contributed by atoms with E-state index in [1.165, 1.54) is 0 Å². The molecule has 0 saturated heterocycles. The van der Waals surface area contributed by atoms with Crippen LogP contribution in [0, 0.1) is 0 Å². The van der Waals surface area contributed by atoms with Gasteiger partial charge in [0.15, 0.2) is 0 Å². The fourth-order valence-electron chi connectivity index (χ4n) is 1.27. The van der Waals surface area contributed by atoms with Gasteiger partial charge in [0, 0.05) is 18.0 Å². The first-order valence-corrected chi connectivity index (χ1v) is 4.83. The maximum absolute atomic E-state index is 11.9. The molecular weight excluding hydrogens is 220 g/mol. The van der Waals surface area contributed by atoms with E-state index in [0.29, 0.717) is 5.56 Å². The SMILES string of the molecule is O=C(O)c1cnc(C(=O)c2ccccc2)nc1. The van der Waals surface area contributed by atoms with Crippen molar-refractivity contribution in [1.82, 2.24) is 9.97 Å². The molecule has 0 fully saturated rings. The van der Waals surface area contributed by atoms with Gasteiger partial charge in [-0.15, -0.1) is 0 Å². The van der Waals surface area contributed by atoms with Gasteiger partial charge in [0.1, 0.15) is 0 Å². The van der Waals surface area contributed by atoms with E-state index in [9.17, 15) is 9.59 Å². The van der Waals surface area contributed by atoms with Gasteiger partial charge in [0.2, 0.25) is 11.6 Å². The molecule has 0 saturated carbocycles. The Morgan fingerprint density at radius 2 is 1.53 bits per heavy atom. The fourth-order valence-corrected chi connectivity index (χ4v) is 1.27. The second kappa shape index (κ2) is 4.52. The summed E-state index contributed by atoms with van der Waals surface area (Å²) in [6.07, 6.45) is 2.23. The van der Waals surface area contributed by atoms with E-state index < -0.39 is 5.97 Å². The van der Waals surface area contributed by atoms with Crippen LogP contribution < -0.4 is 0 Å². The number of carboxylic acid groups (broad SMARTS) is 1. The van der Waals surface area contributed by atoms with Gasteiger partial charge in [-0.05, 0) is 0 Å². The summed E-state index contributed by atoms with van der Waals surface area (Å²) in [7, 11) is 0. The molecule has 0 aliphatic heterocycles. The molecule has 5 nitrogen and oxygen atoms in total. The highest BCUT2D eigenvalue weighted by molar-refractivity contribution is 6.06. The van der Waals surface area contributed by atoms with Gasteiger partial charge in [-0.2, -0.15) is 0 Å². The maximum atomic E-state index is 11.9. The molecular formula is C12H8N2O3. The fraction of sp³-hybridized carbons (Fsp3) is 0. The van der Waals surface area contributed by atoms with Gasteiger partial charge in [-0.1, -0.05) is 30.3 Å². The number of nitrogens with zero attached hydrogens (tertiary/aromatic N) is 2. The number of ketones is 1. The monoisotopic (exact) mass is 228 g/mol. The van der Waals surface area contributed by atoms with Crippen molar-refractivity contribution >= 4 is 11.8 Å². The van der Waals surface area contributed by atoms with Gasteiger partial charge in [-0.3, -0.25) is 4.79 Å². The third kappa shape index (κ3) is 2.34. The van der Waals surface area contributed by atoms with Crippen LogP contribution in [0.5, 0.6) is 0 Å². The summed E-state index contributed by atoms with van der Waals surface area (Å²) in [5, 5.41) is 8.67. The average molecular weight is 228 g/mol. The van der Waals surface area contributed by atoms with Gasteiger partial charge < -0.3 is 5.11 Å². The number of aromatic carboxylic acids is 1. The number of carbonyl (C=O) groups excluding carboxylic acids is 1. The van der Waals surface area contributed by atoms with Crippen molar-refractivity contribution in [2.75, 3.05) is 0 Å². The molecule has 1 aromatic heterocycles. The molecule has 0 atom stereocenters. The topological polar surface area (TPSA) is 80.1 Å². The minimum Gasteiger partial charge on any atom is -0.478 e. The average Bonchev–Trinajstić information content (AvgIpc) is 2.39. The van der Waals surface area contributed by atoms with E-state index >= 15 is 0 Å². The largest absolute Gasteiger partial charge is 0.478 e. The van der Waals surface area contributed by atoms with Crippen molar-refractivity contribution in [3.05, 3.63) is 59.7 Å². The predicted molar refractivity (Wildman–Crippen MR) is 58.9 cm³/mol. The van der Waals surface area contributed by atoms with Crippen molar-refractivity contribution in [3.8, 4) is 0 Å². The highest BCUT2D eigenvalue weighted by atomic mass is 16.4. The van der Waals surface area contributed by atoms with Crippen LogP contribution in [0.2, 0.25) is 0 Å². The number of hydrogen-bond acceptors (Lipinski definition) is 4. The summed E-state index contributed by atoms with van der Waals surface area (Å²) in [6.45, 7) is 0. The molecule has 0 aliphatic carbocycles. The summed E-state index contributed by atoms with van der Waals surface area (Å²) < 4.78 is 0. The van der Waals surface area contributed by atoms with Crippen molar-refractivity contribution in [1.29, 1.82) is 0 Å². The molecule has 1 heterocycles. The Hall–Kier alpha value is -2.56. The van der Waals surface area contributed by atoms with Crippen molar-refractivity contribution in [3.63, 3.8) is 0 Å². The molecule has 17 heavy (non-hydrogen) atoms. The molecule has 2 aromatic rings. The van der Waals surface area contributed by atoms with Crippen LogP contribution in [0.4, 0.5) is 0 Å². The van der Waals surface area contributed by atoms with Crippen molar-refractivity contribution in [2.24, 2.45) is 0 Å². The molecule has 5 heteroatoms. The molecule has 0 unspecified atom stereocenters. The van der Waals surface area contributed by atoms with E-state index in [2.05, 4.69) is 9.97 Å². The highest BCUT2D eigenvalue weighted by Crippen LogP contribution is 2.05. The molecule has 0 spiro atoms.